The molecule has 0 aliphatic carbocycles. The van der Waals surface area contributed by atoms with E-state index < -0.39 is 17.8 Å². The molecule has 0 saturated carbocycles. The minimum Gasteiger partial charge on any atom is -0.497 e. The van der Waals surface area contributed by atoms with Crippen molar-refractivity contribution in [1.82, 2.24) is 24.5 Å². The van der Waals surface area contributed by atoms with Gasteiger partial charge < -0.3 is 28.9 Å². The number of methoxy groups -OCH3 is 2. The number of aromatic nitrogens is 4. The van der Waals surface area contributed by atoms with Gasteiger partial charge in [0.2, 0.25) is 11.9 Å². The van der Waals surface area contributed by atoms with Crippen molar-refractivity contribution in [2.24, 2.45) is 0 Å². The number of fused-ring (bicyclic) bond motifs is 1. The monoisotopic (exact) mass is 675 g/mol. The molecule has 0 spiro atoms. The topological polar surface area (TPSA) is 97.6 Å². The van der Waals surface area contributed by atoms with Crippen LogP contribution in [0.1, 0.15) is 29.2 Å². The predicted octanol–water partition coefficient (Wildman–Crippen LogP) is 6.21. The number of amides is 1. The Labute approximate surface area is 281 Å². The van der Waals surface area contributed by atoms with E-state index in [9.17, 15) is 18.0 Å². The first-order valence-electron chi connectivity index (χ1n) is 15.7. The number of hydrogen-bond acceptors (Lipinski definition) is 9. The SMILES string of the molecule is COc1ccc(CN(Cc2ccc(OC)cc2)c2nc(N3CCN(C(=O)OCc4ccccc4)C[C@@H]3C)nc3c(C(F)(F)F)cnn23)cc1. The maximum atomic E-state index is 14.3. The van der Waals surface area contributed by atoms with E-state index in [-0.39, 0.29) is 49.8 Å². The van der Waals surface area contributed by atoms with E-state index in [1.54, 1.807) is 19.1 Å². The van der Waals surface area contributed by atoms with Crippen molar-refractivity contribution < 1.29 is 32.2 Å². The fourth-order valence-electron chi connectivity index (χ4n) is 5.72. The van der Waals surface area contributed by atoms with Gasteiger partial charge in [-0.25, -0.2) is 4.79 Å². The normalized spacial score (nSPS) is 14.9. The highest BCUT2D eigenvalue weighted by Gasteiger charge is 2.38. The first-order valence-corrected chi connectivity index (χ1v) is 15.7. The standard InChI is InChI=1S/C35H36F3N7O4/c1-24-20-42(34(46)49-23-27-7-5-4-6-8-27)17-18-44(24)32-40-31-30(35(36,37)38)19-39-45(31)33(41-32)43(21-25-9-13-28(47-2)14-10-25)22-26-11-15-29(48-3)16-12-26/h4-16,19,24H,17-18,20-23H2,1-3H3/t24-/m0/s1. The van der Waals surface area contributed by atoms with Crippen molar-refractivity contribution in [2.45, 2.75) is 38.8 Å². The summed E-state index contributed by atoms with van der Waals surface area (Å²) in [4.78, 5) is 27.5. The van der Waals surface area contributed by atoms with Gasteiger partial charge in [-0.2, -0.15) is 32.8 Å². The largest absolute Gasteiger partial charge is 0.497 e. The second-order valence-electron chi connectivity index (χ2n) is 11.7. The summed E-state index contributed by atoms with van der Waals surface area (Å²) in [6, 6.07) is 23.9. The second kappa shape index (κ2) is 14.3. The predicted molar refractivity (Wildman–Crippen MR) is 177 cm³/mol. The van der Waals surface area contributed by atoms with Gasteiger partial charge in [0, 0.05) is 38.8 Å². The molecule has 5 aromatic rings. The minimum atomic E-state index is -4.70. The van der Waals surface area contributed by atoms with Gasteiger partial charge in [0.05, 0.1) is 20.4 Å². The smallest absolute Gasteiger partial charge is 0.421 e. The molecule has 3 aromatic carbocycles. The van der Waals surface area contributed by atoms with Crippen molar-refractivity contribution in [2.75, 3.05) is 43.7 Å². The number of nitrogens with zero attached hydrogens (tertiary/aromatic N) is 7. The first-order chi connectivity index (χ1) is 23.6. The molecular formula is C35H36F3N7O4. The Hall–Kier alpha value is -5.53. The number of hydrogen-bond donors (Lipinski definition) is 0. The number of carbonyl (C=O) groups excluding carboxylic acids is 1. The van der Waals surface area contributed by atoms with E-state index in [2.05, 4.69) is 10.1 Å². The number of alkyl halides is 3. The third-order valence-corrected chi connectivity index (χ3v) is 8.34. The molecule has 256 valence electrons. The van der Waals surface area contributed by atoms with Gasteiger partial charge in [-0.15, -0.1) is 0 Å². The van der Waals surface area contributed by atoms with Gasteiger partial charge in [-0.3, -0.25) is 0 Å². The maximum absolute atomic E-state index is 14.3. The van der Waals surface area contributed by atoms with Crippen LogP contribution in [0.4, 0.5) is 29.9 Å². The van der Waals surface area contributed by atoms with Crippen LogP contribution in [0.25, 0.3) is 5.65 Å². The lowest BCUT2D eigenvalue weighted by atomic mass is 10.1. The highest BCUT2D eigenvalue weighted by Crippen LogP contribution is 2.34. The molecule has 11 nitrogen and oxygen atoms in total. The van der Waals surface area contributed by atoms with Gasteiger partial charge in [0.25, 0.3) is 0 Å². The highest BCUT2D eigenvalue weighted by molar-refractivity contribution is 5.68. The molecule has 0 unspecified atom stereocenters. The second-order valence-corrected chi connectivity index (χ2v) is 11.7. The molecule has 14 heteroatoms. The zero-order chi connectivity index (χ0) is 34.5. The Balaban J connectivity index is 1.34. The summed E-state index contributed by atoms with van der Waals surface area (Å²) in [6.07, 6.45) is -4.39. The van der Waals surface area contributed by atoms with Gasteiger partial charge in [-0.05, 0) is 47.9 Å². The van der Waals surface area contributed by atoms with Crippen LogP contribution in [-0.2, 0) is 30.6 Å². The Kier molecular flexibility index (Phi) is 9.74. The third kappa shape index (κ3) is 7.63. The van der Waals surface area contributed by atoms with E-state index in [0.717, 1.165) is 27.4 Å². The van der Waals surface area contributed by atoms with Crippen molar-refractivity contribution in [3.63, 3.8) is 0 Å². The Bertz CT molecular complexity index is 1820. The lowest BCUT2D eigenvalue weighted by Gasteiger charge is -2.39. The molecular weight excluding hydrogens is 639 g/mol. The van der Waals surface area contributed by atoms with Crippen LogP contribution in [0, 0.1) is 0 Å². The van der Waals surface area contributed by atoms with E-state index in [1.165, 1.54) is 0 Å². The van der Waals surface area contributed by atoms with E-state index >= 15 is 0 Å². The van der Waals surface area contributed by atoms with Gasteiger partial charge in [0.15, 0.2) is 5.65 Å². The van der Waals surface area contributed by atoms with Crippen LogP contribution in [-0.4, -0.2) is 70.5 Å². The molecule has 0 radical (unpaired) electrons. The van der Waals surface area contributed by atoms with Crippen LogP contribution < -0.4 is 19.3 Å². The first kappa shape index (κ1) is 33.4. The fourth-order valence-corrected chi connectivity index (χ4v) is 5.72. The summed E-state index contributed by atoms with van der Waals surface area (Å²) >= 11 is 0. The summed E-state index contributed by atoms with van der Waals surface area (Å²) < 4.78 is 60.1. The summed E-state index contributed by atoms with van der Waals surface area (Å²) in [6.45, 7) is 3.41. The molecule has 1 atom stereocenters. The van der Waals surface area contributed by atoms with E-state index in [1.807, 2.05) is 95.6 Å². The van der Waals surface area contributed by atoms with Crippen molar-refractivity contribution in [1.29, 1.82) is 0 Å². The summed E-state index contributed by atoms with van der Waals surface area (Å²) in [5, 5.41) is 4.13. The van der Waals surface area contributed by atoms with Crippen molar-refractivity contribution >= 4 is 23.6 Å². The molecule has 0 N–H and O–H groups in total. The Morgan fingerprint density at radius 2 is 1.47 bits per heavy atom. The molecule has 0 bridgehead atoms. The van der Waals surface area contributed by atoms with Crippen molar-refractivity contribution in [3.8, 4) is 11.5 Å². The molecule has 1 saturated heterocycles. The van der Waals surface area contributed by atoms with Gasteiger partial charge in [0.1, 0.15) is 23.7 Å². The number of benzene rings is 3. The zero-order valence-electron chi connectivity index (χ0n) is 27.3. The lowest BCUT2D eigenvalue weighted by molar-refractivity contribution is -0.136. The number of ether oxygens (including phenoxy) is 3. The van der Waals surface area contributed by atoms with E-state index in [4.69, 9.17) is 19.2 Å². The van der Waals surface area contributed by atoms with Crippen LogP contribution in [0.3, 0.4) is 0 Å². The summed E-state index contributed by atoms with van der Waals surface area (Å²) in [7, 11) is 3.16. The van der Waals surface area contributed by atoms with Gasteiger partial charge >= 0.3 is 12.3 Å². The molecule has 1 amide bonds. The molecule has 1 fully saturated rings. The number of carbonyl (C=O) groups is 1. The molecule has 2 aromatic heterocycles. The Morgan fingerprint density at radius 1 is 0.857 bits per heavy atom. The maximum Gasteiger partial charge on any atom is 0.421 e. The molecule has 6 rings (SSSR count). The van der Waals surface area contributed by atoms with Crippen molar-refractivity contribution in [3.05, 3.63) is 107 Å². The number of piperazine rings is 1. The van der Waals surface area contributed by atoms with E-state index in [0.29, 0.717) is 24.6 Å². The number of halogens is 3. The quantitative estimate of drug-likeness (QED) is 0.171. The third-order valence-electron chi connectivity index (χ3n) is 8.34. The van der Waals surface area contributed by atoms with Crippen LogP contribution in [0.5, 0.6) is 11.5 Å². The summed E-state index contributed by atoms with van der Waals surface area (Å²) in [5.74, 6) is 1.64. The average molecular weight is 676 g/mol. The molecule has 1 aliphatic rings. The zero-order valence-corrected chi connectivity index (χ0v) is 27.3. The highest BCUT2D eigenvalue weighted by atomic mass is 19.4. The van der Waals surface area contributed by atoms with Crippen LogP contribution in [0.15, 0.2) is 85.1 Å². The van der Waals surface area contributed by atoms with Gasteiger partial charge in [-0.1, -0.05) is 54.6 Å². The minimum absolute atomic E-state index is 0.104. The molecule has 1 aliphatic heterocycles. The van der Waals surface area contributed by atoms with Crippen LogP contribution >= 0.6 is 0 Å². The Morgan fingerprint density at radius 3 is 2.02 bits per heavy atom. The molecule has 49 heavy (non-hydrogen) atoms. The fraction of sp³-hybridized carbons (Fsp3) is 0.314. The number of anilines is 2. The average Bonchev–Trinajstić information content (AvgIpc) is 3.56. The lowest BCUT2D eigenvalue weighted by Crippen LogP contribution is -2.54. The molecule has 3 heterocycles. The number of rotatable bonds is 10. The van der Waals surface area contributed by atoms with Crippen LogP contribution in [0.2, 0.25) is 0 Å². The summed E-state index contributed by atoms with van der Waals surface area (Å²) in [5.41, 5.74) is 1.29.